The van der Waals surface area contributed by atoms with Crippen molar-refractivity contribution in [3.8, 4) is 0 Å². The van der Waals surface area contributed by atoms with Gasteiger partial charge < -0.3 is 10.1 Å². The molecule has 1 aliphatic carbocycles. The minimum Gasteiger partial charge on any atom is -0.375 e. The second-order valence-electron chi connectivity index (χ2n) is 4.77. The Bertz CT molecular complexity index is 491. The third-order valence-corrected chi connectivity index (χ3v) is 4.88. The van der Waals surface area contributed by atoms with Crippen LogP contribution in [-0.2, 0) is 24.3 Å². The Kier molecular flexibility index (Phi) is 4.61. The standard InChI is InChI=1S/C14H18N2OS2/c1-2-13(18-7-1)5-6-17-9-12-10-19-14(16-12)8-15-11-3-4-11/h1-2,7,10-11,15H,3-6,8-9H2. The largest absolute Gasteiger partial charge is 0.375 e. The van der Waals surface area contributed by atoms with Gasteiger partial charge in [-0.15, -0.1) is 22.7 Å². The fourth-order valence-electron chi connectivity index (χ4n) is 1.82. The first-order valence-corrected chi connectivity index (χ1v) is 8.43. The summed E-state index contributed by atoms with van der Waals surface area (Å²) < 4.78 is 5.67. The predicted molar refractivity (Wildman–Crippen MR) is 79.7 cm³/mol. The van der Waals surface area contributed by atoms with E-state index in [4.69, 9.17) is 4.74 Å². The van der Waals surface area contributed by atoms with Crippen molar-refractivity contribution >= 4 is 22.7 Å². The number of nitrogens with zero attached hydrogens (tertiary/aromatic N) is 1. The SMILES string of the molecule is c1csc(CCOCc2csc(CNC3CC3)n2)c1. The van der Waals surface area contributed by atoms with Gasteiger partial charge >= 0.3 is 0 Å². The summed E-state index contributed by atoms with van der Waals surface area (Å²) in [7, 11) is 0. The lowest BCUT2D eigenvalue weighted by Gasteiger charge is -2.00. The highest BCUT2D eigenvalue weighted by Gasteiger charge is 2.20. The van der Waals surface area contributed by atoms with Gasteiger partial charge in [0.2, 0.25) is 0 Å². The van der Waals surface area contributed by atoms with Crippen molar-refractivity contribution in [2.75, 3.05) is 6.61 Å². The lowest BCUT2D eigenvalue weighted by molar-refractivity contribution is 0.122. The van der Waals surface area contributed by atoms with Gasteiger partial charge in [0.15, 0.2) is 0 Å². The molecule has 19 heavy (non-hydrogen) atoms. The molecule has 2 aromatic heterocycles. The van der Waals surface area contributed by atoms with E-state index < -0.39 is 0 Å². The summed E-state index contributed by atoms with van der Waals surface area (Å²) in [4.78, 5) is 5.96. The molecule has 2 heterocycles. The van der Waals surface area contributed by atoms with E-state index in [2.05, 4.69) is 33.2 Å². The Labute approximate surface area is 121 Å². The first kappa shape index (κ1) is 13.2. The molecule has 5 heteroatoms. The zero-order valence-electron chi connectivity index (χ0n) is 10.8. The third kappa shape index (κ3) is 4.38. The van der Waals surface area contributed by atoms with Crippen LogP contribution in [0.3, 0.4) is 0 Å². The van der Waals surface area contributed by atoms with E-state index in [-0.39, 0.29) is 0 Å². The van der Waals surface area contributed by atoms with Crippen LogP contribution in [0.5, 0.6) is 0 Å². The second-order valence-corrected chi connectivity index (χ2v) is 6.74. The highest BCUT2D eigenvalue weighted by molar-refractivity contribution is 7.10. The fourth-order valence-corrected chi connectivity index (χ4v) is 3.24. The molecule has 102 valence electrons. The van der Waals surface area contributed by atoms with Crippen LogP contribution in [0.2, 0.25) is 0 Å². The van der Waals surface area contributed by atoms with Gasteiger partial charge in [0.05, 0.1) is 18.9 Å². The van der Waals surface area contributed by atoms with Crippen LogP contribution in [0.1, 0.15) is 28.4 Å². The van der Waals surface area contributed by atoms with E-state index in [0.717, 1.165) is 31.3 Å². The van der Waals surface area contributed by atoms with Crippen molar-refractivity contribution in [1.29, 1.82) is 0 Å². The molecule has 1 N–H and O–H groups in total. The summed E-state index contributed by atoms with van der Waals surface area (Å²) in [6, 6.07) is 4.98. The first-order chi connectivity index (χ1) is 9.40. The molecule has 0 saturated heterocycles. The average Bonchev–Trinajstić information content (AvgIpc) is 2.91. The van der Waals surface area contributed by atoms with E-state index in [0.29, 0.717) is 6.61 Å². The molecular weight excluding hydrogens is 276 g/mol. The number of aromatic nitrogens is 1. The van der Waals surface area contributed by atoms with E-state index in [1.165, 1.54) is 22.7 Å². The summed E-state index contributed by atoms with van der Waals surface area (Å²) >= 11 is 3.51. The van der Waals surface area contributed by atoms with Crippen LogP contribution in [0.4, 0.5) is 0 Å². The fraction of sp³-hybridized carbons (Fsp3) is 0.500. The number of ether oxygens (including phenoxy) is 1. The maximum absolute atomic E-state index is 5.67. The number of hydrogen-bond donors (Lipinski definition) is 1. The predicted octanol–water partition coefficient (Wildman–Crippen LogP) is 3.22. The third-order valence-electron chi connectivity index (χ3n) is 3.04. The van der Waals surface area contributed by atoms with Crippen molar-refractivity contribution in [2.45, 2.75) is 38.5 Å². The first-order valence-electron chi connectivity index (χ1n) is 6.67. The molecule has 0 spiro atoms. The topological polar surface area (TPSA) is 34.1 Å². The Hall–Kier alpha value is -0.750. The molecule has 0 atom stereocenters. The minimum absolute atomic E-state index is 0.630. The maximum Gasteiger partial charge on any atom is 0.107 e. The minimum atomic E-state index is 0.630. The van der Waals surface area contributed by atoms with E-state index >= 15 is 0 Å². The van der Waals surface area contributed by atoms with Crippen LogP contribution < -0.4 is 5.32 Å². The molecule has 0 bridgehead atoms. The Morgan fingerprint density at radius 2 is 2.32 bits per heavy atom. The number of nitrogens with one attached hydrogen (secondary N) is 1. The van der Waals surface area contributed by atoms with Crippen LogP contribution in [0.25, 0.3) is 0 Å². The molecule has 2 aromatic rings. The van der Waals surface area contributed by atoms with E-state index in [1.54, 1.807) is 22.7 Å². The zero-order chi connectivity index (χ0) is 12.9. The van der Waals surface area contributed by atoms with Crippen molar-refractivity contribution < 1.29 is 4.74 Å². The summed E-state index contributed by atoms with van der Waals surface area (Å²) in [5, 5.41) is 8.86. The summed E-state index contributed by atoms with van der Waals surface area (Å²) in [6.07, 6.45) is 3.64. The highest BCUT2D eigenvalue weighted by atomic mass is 32.1. The number of thiazole rings is 1. The molecular formula is C14H18N2OS2. The summed E-state index contributed by atoms with van der Waals surface area (Å²) in [5.74, 6) is 0. The van der Waals surface area contributed by atoms with Gasteiger partial charge in [0, 0.05) is 29.3 Å². The van der Waals surface area contributed by atoms with Crippen LogP contribution in [-0.4, -0.2) is 17.6 Å². The smallest absolute Gasteiger partial charge is 0.107 e. The summed E-state index contributed by atoms with van der Waals surface area (Å²) in [5.41, 5.74) is 1.06. The zero-order valence-corrected chi connectivity index (χ0v) is 12.4. The molecule has 3 nitrogen and oxygen atoms in total. The van der Waals surface area contributed by atoms with Crippen LogP contribution in [0.15, 0.2) is 22.9 Å². The highest BCUT2D eigenvalue weighted by Crippen LogP contribution is 2.20. The lowest BCUT2D eigenvalue weighted by atomic mass is 10.4. The molecule has 0 aromatic carbocycles. The van der Waals surface area contributed by atoms with Crippen molar-refractivity contribution in [3.05, 3.63) is 38.5 Å². The van der Waals surface area contributed by atoms with Gasteiger partial charge in [0.1, 0.15) is 5.01 Å². The lowest BCUT2D eigenvalue weighted by Crippen LogP contribution is -2.15. The maximum atomic E-state index is 5.67. The van der Waals surface area contributed by atoms with Gasteiger partial charge in [-0.05, 0) is 24.3 Å². The molecule has 1 saturated carbocycles. The quantitative estimate of drug-likeness (QED) is 0.759. The number of rotatable bonds is 8. The van der Waals surface area contributed by atoms with Gasteiger partial charge in [-0.25, -0.2) is 4.98 Å². The van der Waals surface area contributed by atoms with Gasteiger partial charge in [-0.3, -0.25) is 0 Å². The molecule has 1 fully saturated rings. The van der Waals surface area contributed by atoms with Crippen LogP contribution in [0, 0.1) is 0 Å². The van der Waals surface area contributed by atoms with Crippen molar-refractivity contribution in [2.24, 2.45) is 0 Å². The summed E-state index contributed by atoms with van der Waals surface area (Å²) in [6.45, 7) is 2.31. The van der Waals surface area contributed by atoms with E-state index in [9.17, 15) is 0 Å². The molecule has 0 aliphatic heterocycles. The Morgan fingerprint density at radius 3 is 3.11 bits per heavy atom. The number of hydrogen-bond acceptors (Lipinski definition) is 5. The normalized spacial score (nSPS) is 14.9. The molecule has 0 unspecified atom stereocenters. The average molecular weight is 294 g/mol. The van der Waals surface area contributed by atoms with Crippen molar-refractivity contribution in [1.82, 2.24) is 10.3 Å². The Balaban J connectivity index is 1.35. The van der Waals surface area contributed by atoms with Gasteiger partial charge in [-0.1, -0.05) is 6.07 Å². The van der Waals surface area contributed by atoms with Crippen molar-refractivity contribution in [3.63, 3.8) is 0 Å². The number of thiophene rings is 1. The monoisotopic (exact) mass is 294 g/mol. The Morgan fingerprint density at radius 1 is 1.37 bits per heavy atom. The second kappa shape index (κ2) is 6.61. The van der Waals surface area contributed by atoms with Gasteiger partial charge in [0.25, 0.3) is 0 Å². The van der Waals surface area contributed by atoms with E-state index in [1.807, 2.05) is 0 Å². The molecule has 0 radical (unpaired) electrons. The molecule has 0 amide bonds. The molecule has 3 rings (SSSR count). The molecule has 1 aliphatic rings. The van der Waals surface area contributed by atoms with Gasteiger partial charge in [-0.2, -0.15) is 0 Å². The van der Waals surface area contributed by atoms with Crippen LogP contribution >= 0.6 is 22.7 Å².